The number of anilines is 3. The molecule has 0 bridgehead atoms. The van der Waals surface area contributed by atoms with E-state index in [4.69, 9.17) is 33.0 Å². The van der Waals surface area contributed by atoms with Crippen LogP contribution < -0.4 is 26.6 Å². The fourth-order valence-corrected chi connectivity index (χ4v) is 5.27. The molecule has 178 valence electrons. The summed E-state index contributed by atoms with van der Waals surface area (Å²) in [6.45, 7) is 0.317. The Balaban J connectivity index is 1.47. The van der Waals surface area contributed by atoms with E-state index in [0.717, 1.165) is 49.9 Å². The monoisotopic (exact) mass is 471 g/mol. The highest BCUT2D eigenvalue weighted by Gasteiger charge is 2.31. The van der Waals surface area contributed by atoms with Crippen LogP contribution in [0.4, 0.5) is 22.2 Å². The molecule has 2 aliphatic rings. The number of rotatable bonds is 6. The molecule has 0 spiro atoms. The molecule has 0 radical (unpaired) electrons. The molecule has 33 heavy (non-hydrogen) atoms. The molecule has 1 heterocycles. The van der Waals surface area contributed by atoms with Crippen molar-refractivity contribution in [3.63, 3.8) is 0 Å². The van der Waals surface area contributed by atoms with E-state index < -0.39 is 6.03 Å². The van der Waals surface area contributed by atoms with Crippen LogP contribution >= 0.6 is 11.6 Å². The lowest BCUT2D eigenvalue weighted by molar-refractivity contribution is 0.248. The molecule has 2 aromatic rings. The second-order valence-electron chi connectivity index (χ2n) is 9.23. The van der Waals surface area contributed by atoms with Gasteiger partial charge in [0.05, 0.1) is 11.4 Å². The van der Waals surface area contributed by atoms with Gasteiger partial charge in [-0.15, -0.1) is 0 Å². The first kappa shape index (κ1) is 23.6. The maximum absolute atomic E-state index is 12.4. The predicted octanol–water partition coefficient (Wildman–Crippen LogP) is 3.84. The van der Waals surface area contributed by atoms with Gasteiger partial charge < -0.3 is 21.7 Å². The number of fused-ring (bicyclic) bond motifs is 1. The van der Waals surface area contributed by atoms with E-state index in [2.05, 4.69) is 10.2 Å². The number of carbonyl (C=O) groups excluding carboxylic acids is 1. The number of primary amides is 1. The van der Waals surface area contributed by atoms with Crippen LogP contribution in [-0.4, -0.2) is 42.2 Å². The fraction of sp³-hybridized carbons (Fsp3) is 0.542. The van der Waals surface area contributed by atoms with E-state index in [0.29, 0.717) is 23.2 Å². The van der Waals surface area contributed by atoms with E-state index in [1.807, 2.05) is 20.2 Å². The first-order chi connectivity index (χ1) is 15.9. The first-order valence-electron chi connectivity index (χ1n) is 11.8. The SMILES string of the molecule is CN(C)c1nc(NC2CCC(N(C(N)=O)c3cc(Cl)ccc3CN)CC2)nc2c1CCCC2. The standard InChI is InChI=1S/C24H34ClN7O/c1-31(2)22-19-5-3-4-6-20(19)29-24(30-22)28-17-9-11-18(12-10-17)32(23(27)33)21-13-16(25)8-7-15(21)14-26/h7-8,13,17-18H,3-6,9-12,14,26H2,1-2H3,(H2,27,33)(H,28,29,30). The number of halogens is 1. The van der Waals surface area contributed by atoms with Crippen LogP contribution in [0.15, 0.2) is 18.2 Å². The van der Waals surface area contributed by atoms with E-state index in [1.54, 1.807) is 17.0 Å². The highest BCUT2D eigenvalue weighted by Crippen LogP contribution is 2.33. The summed E-state index contributed by atoms with van der Waals surface area (Å²) in [4.78, 5) is 25.8. The Bertz CT molecular complexity index is 1000. The zero-order valence-electron chi connectivity index (χ0n) is 19.5. The molecule has 1 aromatic heterocycles. The molecule has 1 aromatic carbocycles. The summed E-state index contributed by atoms with van der Waals surface area (Å²) in [6.07, 6.45) is 7.87. The van der Waals surface area contributed by atoms with Crippen LogP contribution in [-0.2, 0) is 19.4 Å². The van der Waals surface area contributed by atoms with Crippen molar-refractivity contribution in [3.8, 4) is 0 Å². The molecule has 1 fully saturated rings. The molecule has 8 nitrogen and oxygen atoms in total. The minimum atomic E-state index is -0.475. The number of aromatic nitrogens is 2. The highest BCUT2D eigenvalue weighted by molar-refractivity contribution is 6.31. The van der Waals surface area contributed by atoms with Crippen molar-refractivity contribution < 1.29 is 4.79 Å². The number of nitrogens with two attached hydrogens (primary N) is 2. The Kier molecular flexibility index (Phi) is 7.24. The molecular weight excluding hydrogens is 438 g/mol. The summed E-state index contributed by atoms with van der Waals surface area (Å²) in [7, 11) is 4.08. The number of nitrogens with one attached hydrogen (secondary N) is 1. The van der Waals surface area contributed by atoms with E-state index in [9.17, 15) is 4.79 Å². The van der Waals surface area contributed by atoms with Crippen molar-refractivity contribution in [3.05, 3.63) is 40.0 Å². The maximum Gasteiger partial charge on any atom is 0.319 e. The Morgan fingerprint density at radius 1 is 1.15 bits per heavy atom. The lowest BCUT2D eigenvalue weighted by atomic mass is 9.89. The molecule has 4 rings (SSSR count). The van der Waals surface area contributed by atoms with Crippen LogP contribution in [0.2, 0.25) is 5.02 Å². The van der Waals surface area contributed by atoms with Gasteiger partial charge in [-0.2, -0.15) is 4.98 Å². The summed E-state index contributed by atoms with van der Waals surface area (Å²) in [5.74, 6) is 1.72. The lowest BCUT2D eigenvalue weighted by Gasteiger charge is -2.37. The van der Waals surface area contributed by atoms with Gasteiger partial charge in [-0.05, 0) is 69.1 Å². The number of nitrogens with zero attached hydrogens (tertiary/aromatic N) is 4. The van der Waals surface area contributed by atoms with E-state index in [-0.39, 0.29) is 12.1 Å². The van der Waals surface area contributed by atoms with Crippen LogP contribution in [0.5, 0.6) is 0 Å². The van der Waals surface area contributed by atoms with Gasteiger partial charge in [0.25, 0.3) is 0 Å². The summed E-state index contributed by atoms with van der Waals surface area (Å²) in [5.41, 5.74) is 15.7. The fourth-order valence-electron chi connectivity index (χ4n) is 5.10. The average Bonchev–Trinajstić information content (AvgIpc) is 2.80. The Hall–Kier alpha value is -2.58. The summed E-state index contributed by atoms with van der Waals surface area (Å²) in [6, 6.07) is 5.21. The normalized spacial score (nSPS) is 20.1. The molecule has 9 heteroatoms. The van der Waals surface area contributed by atoms with Crippen LogP contribution in [0.25, 0.3) is 0 Å². The van der Waals surface area contributed by atoms with Crippen molar-refractivity contribution in [2.75, 3.05) is 29.2 Å². The topological polar surface area (TPSA) is 113 Å². The lowest BCUT2D eigenvalue weighted by Crippen LogP contribution is -2.47. The number of benzene rings is 1. The number of amides is 2. The molecule has 2 aliphatic carbocycles. The van der Waals surface area contributed by atoms with Crippen molar-refractivity contribution in [2.24, 2.45) is 11.5 Å². The van der Waals surface area contributed by atoms with Crippen molar-refractivity contribution in [1.29, 1.82) is 0 Å². The van der Waals surface area contributed by atoms with Crippen LogP contribution in [0.3, 0.4) is 0 Å². The summed E-state index contributed by atoms with van der Waals surface area (Å²) < 4.78 is 0. The molecule has 0 saturated heterocycles. The molecule has 0 atom stereocenters. The van der Waals surface area contributed by atoms with E-state index >= 15 is 0 Å². The minimum Gasteiger partial charge on any atom is -0.362 e. The van der Waals surface area contributed by atoms with Crippen molar-refractivity contribution >= 4 is 35.1 Å². The van der Waals surface area contributed by atoms with Crippen molar-refractivity contribution in [1.82, 2.24) is 9.97 Å². The van der Waals surface area contributed by atoms with Gasteiger partial charge in [0.2, 0.25) is 5.95 Å². The van der Waals surface area contributed by atoms with Gasteiger partial charge in [-0.25, -0.2) is 9.78 Å². The van der Waals surface area contributed by atoms with Gasteiger partial charge >= 0.3 is 6.03 Å². The molecular formula is C24H34ClN7O. The molecule has 0 aliphatic heterocycles. The van der Waals surface area contributed by atoms with Crippen LogP contribution in [0, 0.1) is 0 Å². The molecule has 0 unspecified atom stereocenters. The molecule has 1 saturated carbocycles. The van der Waals surface area contributed by atoms with Crippen LogP contribution in [0.1, 0.15) is 55.3 Å². The Morgan fingerprint density at radius 2 is 1.88 bits per heavy atom. The smallest absolute Gasteiger partial charge is 0.319 e. The second-order valence-corrected chi connectivity index (χ2v) is 9.67. The van der Waals surface area contributed by atoms with E-state index in [1.165, 1.54) is 24.1 Å². The molecule has 5 N–H and O–H groups in total. The van der Waals surface area contributed by atoms with Gasteiger partial charge in [-0.3, -0.25) is 4.90 Å². The Morgan fingerprint density at radius 3 is 2.55 bits per heavy atom. The highest BCUT2D eigenvalue weighted by atomic mass is 35.5. The summed E-state index contributed by atoms with van der Waals surface area (Å²) >= 11 is 6.21. The first-order valence-corrected chi connectivity index (χ1v) is 12.2. The third-order valence-electron chi connectivity index (χ3n) is 6.74. The quantitative estimate of drug-likeness (QED) is 0.589. The minimum absolute atomic E-state index is 0.00565. The van der Waals surface area contributed by atoms with Gasteiger partial charge in [0.1, 0.15) is 5.82 Å². The maximum atomic E-state index is 12.4. The third-order valence-corrected chi connectivity index (χ3v) is 6.98. The zero-order valence-corrected chi connectivity index (χ0v) is 20.2. The number of carbonyl (C=O) groups is 1. The number of hydrogen-bond donors (Lipinski definition) is 3. The average molecular weight is 472 g/mol. The largest absolute Gasteiger partial charge is 0.362 e. The second kappa shape index (κ2) is 10.1. The summed E-state index contributed by atoms with van der Waals surface area (Å²) in [5, 5.41) is 4.12. The number of aryl methyl sites for hydroxylation is 1. The predicted molar refractivity (Wildman–Crippen MR) is 134 cm³/mol. The van der Waals surface area contributed by atoms with Gasteiger partial charge in [0, 0.05) is 43.3 Å². The van der Waals surface area contributed by atoms with Gasteiger partial charge in [-0.1, -0.05) is 17.7 Å². The number of hydrogen-bond acceptors (Lipinski definition) is 6. The zero-order chi connectivity index (χ0) is 23.5. The van der Waals surface area contributed by atoms with Gasteiger partial charge in [0.15, 0.2) is 0 Å². The Labute approximate surface area is 200 Å². The molecule has 2 amide bonds. The van der Waals surface area contributed by atoms with Crippen molar-refractivity contribution in [2.45, 2.75) is 70.0 Å². The third kappa shape index (κ3) is 5.17. The number of urea groups is 1.